The van der Waals surface area contributed by atoms with E-state index in [1.54, 1.807) is 6.92 Å². The third kappa shape index (κ3) is 0.849. The molecule has 1 amide bonds. The van der Waals surface area contributed by atoms with Crippen LogP contribution in [0.4, 0.5) is 0 Å². The number of fused-ring (bicyclic) bond motifs is 1. The van der Waals surface area contributed by atoms with Crippen LogP contribution in [-0.2, 0) is 4.79 Å². The average Bonchev–Trinajstić information content (AvgIpc) is 2.34. The van der Waals surface area contributed by atoms with Crippen molar-refractivity contribution >= 4 is 23.8 Å². The van der Waals surface area contributed by atoms with Crippen LogP contribution in [0, 0.1) is 5.92 Å². The number of carbonyl (C=O) groups is 1. The summed E-state index contributed by atoms with van der Waals surface area (Å²) >= 11 is 0. The molecular formula is C6H6N4O. The lowest BCUT2D eigenvalue weighted by Crippen LogP contribution is -2.42. The van der Waals surface area contributed by atoms with Crippen LogP contribution in [0.1, 0.15) is 6.92 Å². The Morgan fingerprint density at radius 2 is 2.45 bits per heavy atom. The van der Waals surface area contributed by atoms with Gasteiger partial charge in [0, 0.05) is 6.21 Å². The molecule has 0 aromatic heterocycles. The Hall–Kier alpha value is -1.52. The highest BCUT2D eigenvalue weighted by atomic mass is 16.2. The van der Waals surface area contributed by atoms with Crippen molar-refractivity contribution in [2.24, 2.45) is 21.1 Å². The molecule has 5 heteroatoms. The second-order valence-electron chi connectivity index (χ2n) is 2.39. The number of carbonyl (C=O) groups excluding carboxylic acids is 1. The minimum atomic E-state index is -0.362. The van der Waals surface area contributed by atoms with Gasteiger partial charge in [0.1, 0.15) is 11.8 Å². The maximum Gasteiger partial charge on any atom is 0.241 e. The predicted molar refractivity (Wildman–Crippen MR) is 40.7 cm³/mol. The van der Waals surface area contributed by atoms with Crippen molar-refractivity contribution in [3.8, 4) is 0 Å². The van der Waals surface area contributed by atoms with Gasteiger partial charge in [0.25, 0.3) is 0 Å². The summed E-state index contributed by atoms with van der Waals surface area (Å²) in [5.41, 5.74) is 0. The molecule has 0 spiro atoms. The van der Waals surface area contributed by atoms with Crippen LogP contribution in [0.5, 0.6) is 0 Å². The van der Waals surface area contributed by atoms with E-state index in [2.05, 4.69) is 20.5 Å². The van der Waals surface area contributed by atoms with Crippen molar-refractivity contribution in [3.63, 3.8) is 0 Å². The molecule has 0 saturated carbocycles. The summed E-state index contributed by atoms with van der Waals surface area (Å²) in [6.45, 7) is 1.72. The summed E-state index contributed by atoms with van der Waals surface area (Å²) in [6, 6.07) is 0. The molecule has 5 nitrogen and oxygen atoms in total. The molecule has 0 saturated heterocycles. The Kier molecular flexibility index (Phi) is 1.12. The Labute approximate surface area is 62.9 Å². The monoisotopic (exact) mass is 150 g/mol. The van der Waals surface area contributed by atoms with E-state index in [0.717, 1.165) is 0 Å². The van der Waals surface area contributed by atoms with Gasteiger partial charge in [0.2, 0.25) is 5.91 Å². The third-order valence-electron chi connectivity index (χ3n) is 1.52. The molecule has 0 bridgehead atoms. The van der Waals surface area contributed by atoms with Crippen LogP contribution >= 0.6 is 0 Å². The first-order valence-electron chi connectivity index (χ1n) is 3.24. The van der Waals surface area contributed by atoms with E-state index < -0.39 is 0 Å². The van der Waals surface area contributed by atoms with Gasteiger partial charge in [-0.1, -0.05) is 0 Å². The molecule has 0 radical (unpaired) electrons. The zero-order valence-corrected chi connectivity index (χ0v) is 5.90. The van der Waals surface area contributed by atoms with Gasteiger partial charge in [-0.2, -0.15) is 5.10 Å². The number of rotatable bonds is 0. The Balaban J connectivity index is 2.42. The normalized spacial score (nSPS) is 27.4. The molecule has 2 aliphatic rings. The predicted octanol–water partition coefficient (Wildman–Crippen LogP) is -0.451. The number of amides is 1. The summed E-state index contributed by atoms with van der Waals surface area (Å²) in [5.74, 6) is 0.609. The molecule has 0 fully saturated rings. The SMILES string of the molecule is CC1=NC2=NN=CC2C(=O)N1. The zero-order valence-electron chi connectivity index (χ0n) is 5.90. The van der Waals surface area contributed by atoms with Gasteiger partial charge >= 0.3 is 0 Å². The zero-order chi connectivity index (χ0) is 7.84. The fourth-order valence-electron chi connectivity index (χ4n) is 1.02. The van der Waals surface area contributed by atoms with Gasteiger partial charge < -0.3 is 5.32 Å². The highest BCUT2D eigenvalue weighted by molar-refractivity contribution is 6.25. The quantitative estimate of drug-likeness (QED) is 0.499. The molecule has 0 aromatic carbocycles. The van der Waals surface area contributed by atoms with Crippen LogP contribution in [0.15, 0.2) is 15.2 Å². The summed E-state index contributed by atoms with van der Waals surface area (Å²) in [4.78, 5) is 15.1. The van der Waals surface area contributed by atoms with E-state index in [9.17, 15) is 4.79 Å². The second kappa shape index (κ2) is 1.98. The molecule has 56 valence electrons. The summed E-state index contributed by atoms with van der Waals surface area (Å²) in [5, 5.41) is 9.89. The van der Waals surface area contributed by atoms with Gasteiger partial charge in [-0.3, -0.25) is 4.79 Å². The highest BCUT2D eigenvalue weighted by Gasteiger charge is 2.29. The lowest BCUT2D eigenvalue weighted by Gasteiger charge is -2.13. The third-order valence-corrected chi connectivity index (χ3v) is 1.52. The van der Waals surface area contributed by atoms with Crippen LogP contribution in [0.3, 0.4) is 0 Å². The molecule has 11 heavy (non-hydrogen) atoms. The molecule has 0 aliphatic carbocycles. The van der Waals surface area contributed by atoms with E-state index in [1.807, 2.05) is 0 Å². The number of hydrogen-bond acceptors (Lipinski definition) is 4. The van der Waals surface area contributed by atoms with Crippen LogP contribution in [0.2, 0.25) is 0 Å². The standard InChI is InChI=1S/C6H6N4O/c1-3-8-5-4(2-7-10-5)6(11)9-3/h2,4H,1H3,(H,8,9,10,11). The summed E-state index contributed by atoms with van der Waals surface area (Å²) in [7, 11) is 0. The topological polar surface area (TPSA) is 66.2 Å². The smallest absolute Gasteiger partial charge is 0.241 e. The molecular weight excluding hydrogens is 144 g/mol. The maximum atomic E-state index is 11.1. The molecule has 2 rings (SSSR count). The lowest BCUT2D eigenvalue weighted by molar-refractivity contribution is -0.120. The van der Waals surface area contributed by atoms with Gasteiger partial charge in [0.05, 0.1) is 0 Å². The number of amidine groups is 2. The lowest BCUT2D eigenvalue weighted by atomic mass is 10.1. The summed E-state index contributed by atoms with van der Waals surface area (Å²) in [6.07, 6.45) is 1.49. The Morgan fingerprint density at radius 3 is 3.27 bits per heavy atom. The van der Waals surface area contributed by atoms with Crippen molar-refractivity contribution in [2.45, 2.75) is 6.92 Å². The number of nitrogens with one attached hydrogen (secondary N) is 1. The van der Waals surface area contributed by atoms with E-state index in [-0.39, 0.29) is 11.8 Å². The molecule has 0 aromatic rings. The first kappa shape index (κ1) is 6.21. The van der Waals surface area contributed by atoms with Crippen molar-refractivity contribution < 1.29 is 4.79 Å². The molecule has 1 atom stereocenters. The van der Waals surface area contributed by atoms with Crippen LogP contribution in [-0.4, -0.2) is 23.8 Å². The molecule has 1 unspecified atom stereocenters. The number of nitrogens with zero attached hydrogens (tertiary/aromatic N) is 3. The van der Waals surface area contributed by atoms with Gasteiger partial charge in [-0.15, -0.1) is 5.10 Å². The fourth-order valence-corrected chi connectivity index (χ4v) is 1.02. The van der Waals surface area contributed by atoms with Gasteiger partial charge in [0.15, 0.2) is 5.84 Å². The van der Waals surface area contributed by atoms with E-state index >= 15 is 0 Å². The Morgan fingerprint density at radius 1 is 1.64 bits per heavy atom. The maximum absolute atomic E-state index is 11.1. The Bertz CT molecular complexity index is 302. The minimum Gasteiger partial charge on any atom is -0.313 e. The first-order valence-corrected chi connectivity index (χ1v) is 3.24. The second-order valence-corrected chi connectivity index (χ2v) is 2.39. The van der Waals surface area contributed by atoms with Crippen molar-refractivity contribution in [1.82, 2.24) is 5.32 Å². The first-order chi connectivity index (χ1) is 5.27. The van der Waals surface area contributed by atoms with Gasteiger partial charge in [-0.25, -0.2) is 4.99 Å². The van der Waals surface area contributed by atoms with E-state index in [0.29, 0.717) is 11.7 Å². The van der Waals surface area contributed by atoms with Gasteiger partial charge in [-0.05, 0) is 6.92 Å². The molecule has 2 aliphatic heterocycles. The number of hydrogen-bond donors (Lipinski definition) is 1. The number of aliphatic imine (C=N–C) groups is 1. The van der Waals surface area contributed by atoms with E-state index in [4.69, 9.17) is 0 Å². The van der Waals surface area contributed by atoms with Crippen molar-refractivity contribution in [1.29, 1.82) is 0 Å². The van der Waals surface area contributed by atoms with Crippen molar-refractivity contribution in [2.75, 3.05) is 0 Å². The van der Waals surface area contributed by atoms with E-state index in [1.165, 1.54) is 6.21 Å². The highest BCUT2D eigenvalue weighted by Crippen LogP contribution is 2.10. The largest absolute Gasteiger partial charge is 0.313 e. The van der Waals surface area contributed by atoms with Crippen LogP contribution < -0.4 is 5.32 Å². The van der Waals surface area contributed by atoms with Crippen LogP contribution in [0.25, 0.3) is 0 Å². The minimum absolute atomic E-state index is 0.0995. The average molecular weight is 150 g/mol. The fraction of sp³-hybridized carbons (Fsp3) is 0.333. The molecule has 2 heterocycles. The van der Waals surface area contributed by atoms with Crippen molar-refractivity contribution in [3.05, 3.63) is 0 Å². The molecule has 1 N–H and O–H groups in total. The summed E-state index contributed by atoms with van der Waals surface area (Å²) < 4.78 is 0.